The maximum absolute atomic E-state index is 11.7. The Morgan fingerprint density at radius 2 is 2.15 bits per heavy atom. The zero-order valence-corrected chi connectivity index (χ0v) is 7.52. The van der Waals surface area contributed by atoms with Gasteiger partial charge < -0.3 is 5.32 Å². The third kappa shape index (κ3) is 3.06. The highest BCUT2D eigenvalue weighted by atomic mass is 35.5. The number of rotatable bonds is 3. The Morgan fingerprint density at radius 1 is 1.46 bits per heavy atom. The lowest BCUT2D eigenvalue weighted by Gasteiger charge is -2.03. The zero-order valence-electron chi connectivity index (χ0n) is 6.76. The van der Waals surface area contributed by atoms with Gasteiger partial charge in [-0.3, -0.25) is 0 Å². The molecule has 0 aromatic carbocycles. The summed E-state index contributed by atoms with van der Waals surface area (Å²) in [4.78, 5) is 3.79. The lowest BCUT2D eigenvalue weighted by Crippen LogP contribution is -2.13. The summed E-state index contributed by atoms with van der Waals surface area (Å²) in [5, 5.41) is 9.46. The molecule has 0 aliphatic rings. The van der Waals surface area contributed by atoms with Crippen LogP contribution >= 0.6 is 11.6 Å². The number of nitrogens with one attached hydrogen (secondary N) is 1. The Hall–Kier alpha value is -1.04. The first-order chi connectivity index (χ1) is 6.09. The van der Waals surface area contributed by atoms with Crippen molar-refractivity contribution in [2.24, 2.45) is 0 Å². The van der Waals surface area contributed by atoms with Crippen molar-refractivity contribution in [1.82, 2.24) is 15.2 Å². The van der Waals surface area contributed by atoms with Gasteiger partial charge in [-0.15, -0.1) is 10.2 Å². The Labute approximate surface area is 78.3 Å². The van der Waals surface area contributed by atoms with Gasteiger partial charge in [0.15, 0.2) is 5.15 Å². The molecule has 0 atom stereocenters. The highest BCUT2D eigenvalue weighted by Crippen LogP contribution is 2.08. The number of hydrogen-bond donors (Lipinski definition) is 1. The molecule has 0 unspecified atom stereocenters. The minimum atomic E-state index is -2.44. The van der Waals surface area contributed by atoms with Crippen molar-refractivity contribution in [3.8, 4) is 0 Å². The largest absolute Gasteiger partial charge is 0.347 e. The number of anilines is 1. The van der Waals surface area contributed by atoms with Crippen LogP contribution in [-0.4, -0.2) is 28.2 Å². The first-order valence-electron chi connectivity index (χ1n) is 3.48. The molecule has 0 fully saturated rings. The molecule has 0 saturated heterocycles. The van der Waals surface area contributed by atoms with Crippen LogP contribution in [0, 0.1) is 6.92 Å². The zero-order chi connectivity index (χ0) is 9.84. The normalized spacial score (nSPS) is 10.5. The molecule has 72 valence electrons. The fourth-order valence-corrected chi connectivity index (χ4v) is 0.714. The van der Waals surface area contributed by atoms with Crippen LogP contribution in [0.2, 0.25) is 5.15 Å². The number of aromatic nitrogens is 3. The van der Waals surface area contributed by atoms with Crippen molar-refractivity contribution in [3.63, 3.8) is 0 Å². The van der Waals surface area contributed by atoms with Crippen LogP contribution in [0.4, 0.5) is 14.7 Å². The standard InChI is InChI=1S/C6H7ClF2N4/c1-3-5(7)12-13-6(11-3)10-2-4(8)9/h4H,2H2,1H3,(H,10,11,13). The number of nitrogens with zero attached hydrogens (tertiary/aromatic N) is 3. The third-order valence-electron chi connectivity index (χ3n) is 1.22. The molecule has 0 saturated carbocycles. The highest BCUT2D eigenvalue weighted by molar-refractivity contribution is 6.29. The molecule has 1 N–H and O–H groups in total. The minimum absolute atomic E-state index is 0.0576. The van der Waals surface area contributed by atoms with Gasteiger partial charge in [-0.25, -0.2) is 13.8 Å². The Kier molecular flexibility index (Phi) is 3.30. The molecule has 1 heterocycles. The maximum atomic E-state index is 11.7. The van der Waals surface area contributed by atoms with Crippen LogP contribution in [0.25, 0.3) is 0 Å². The molecule has 1 rings (SSSR count). The summed E-state index contributed by atoms with van der Waals surface area (Å²) in [5.41, 5.74) is 0.452. The summed E-state index contributed by atoms with van der Waals surface area (Å²) in [7, 11) is 0. The van der Waals surface area contributed by atoms with Crippen LogP contribution in [-0.2, 0) is 0 Å². The molecule has 0 bridgehead atoms. The first kappa shape index (κ1) is 10.0. The van der Waals surface area contributed by atoms with Crippen LogP contribution in [0.3, 0.4) is 0 Å². The average molecular weight is 209 g/mol. The molecule has 0 aliphatic carbocycles. The molecular formula is C6H7ClF2N4. The molecule has 0 amide bonds. The predicted molar refractivity (Wildman–Crippen MR) is 44.1 cm³/mol. The van der Waals surface area contributed by atoms with Gasteiger partial charge in [0.25, 0.3) is 6.43 Å². The van der Waals surface area contributed by atoms with Gasteiger partial charge in [-0.1, -0.05) is 11.6 Å². The van der Waals surface area contributed by atoms with Crippen molar-refractivity contribution in [2.45, 2.75) is 13.3 Å². The monoisotopic (exact) mass is 208 g/mol. The van der Waals surface area contributed by atoms with E-state index in [1.54, 1.807) is 6.92 Å². The summed E-state index contributed by atoms with van der Waals surface area (Å²) in [5.74, 6) is 0.0576. The van der Waals surface area contributed by atoms with E-state index in [0.29, 0.717) is 5.69 Å². The minimum Gasteiger partial charge on any atom is -0.347 e. The van der Waals surface area contributed by atoms with Crippen molar-refractivity contribution in [1.29, 1.82) is 0 Å². The first-order valence-corrected chi connectivity index (χ1v) is 3.86. The summed E-state index contributed by atoms with van der Waals surface area (Å²) >= 11 is 5.53. The third-order valence-corrected chi connectivity index (χ3v) is 1.57. The molecule has 0 radical (unpaired) electrons. The highest BCUT2D eigenvalue weighted by Gasteiger charge is 2.05. The predicted octanol–water partition coefficient (Wildman–Crippen LogP) is 1.51. The Bertz CT molecular complexity index is 294. The molecule has 7 heteroatoms. The summed E-state index contributed by atoms with van der Waals surface area (Å²) in [6.45, 7) is 1.12. The van der Waals surface area contributed by atoms with Crippen molar-refractivity contribution < 1.29 is 8.78 Å². The van der Waals surface area contributed by atoms with Gasteiger partial charge in [0, 0.05) is 0 Å². The van der Waals surface area contributed by atoms with Crippen LogP contribution < -0.4 is 5.32 Å². The van der Waals surface area contributed by atoms with Crippen molar-refractivity contribution >= 4 is 17.5 Å². The SMILES string of the molecule is Cc1nc(NCC(F)F)nnc1Cl. The number of aryl methyl sites for hydroxylation is 1. The van der Waals surface area contributed by atoms with Gasteiger partial charge in [-0.05, 0) is 6.92 Å². The molecule has 1 aromatic heterocycles. The molecule has 0 spiro atoms. The van der Waals surface area contributed by atoms with Crippen LogP contribution in [0.1, 0.15) is 5.69 Å². The Balaban J connectivity index is 2.63. The fraction of sp³-hybridized carbons (Fsp3) is 0.500. The van der Waals surface area contributed by atoms with E-state index < -0.39 is 13.0 Å². The van der Waals surface area contributed by atoms with E-state index in [2.05, 4.69) is 20.5 Å². The second-order valence-corrected chi connectivity index (χ2v) is 2.64. The van der Waals surface area contributed by atoms with E-state index in [1.807, 2.05) is 0 Å². The molecular weight excluding hydrogens is 202 g/mol. The lowest BCUT2D eigenvalue weighted by molar-refractivity contribution is 0.163. The molecule has 13 heavy (non-hydrogen) atoms. The summed E-state index contributed by atoms with van der Waals surface area (Å²) in [6.07, 6.45) is -2.44. The van der Waals surface area contributed by atoms with E-state index in [9.17, 15) is 8.78 Å². The lowest BCUT2D eigenvalue weighted by atomic mass is 10.5. The van der Waals surface area contributed by atoms with Gasteiger partial charge in [-0.2, -0.15) is 0 Å². The Morgan fingerprint density at radius 3 is 2.69 bits per heavy atom. The van der Waals surface area contributed by atoms with Crippen LogP contribution in [0.15, 0.2) is 0 Å². The van der Waals surface area contributed by atoms with E-state index >= 15 is 0 Å². The fourth-order valence-electron chi connectivity index (χ4n) is 0.634. The number of alkyl halides is 2. The summed E-state index contributed by atoms with van der Waals surface area (Å²) < 4.78 is 23.5. The van der Waals surface area contributed by atoms with Gasteiger partial charge >= 0.3 is 0 Å². The second-order valence-electron chi connectivity index (χ2n) is 2.28. The van der Waals surface area contributed by atoms with E-state index in [0.717, 1.165) is 0 Å². The van der Waals surface area contributed by atoms with E-state index in [4.69, 9.17) is 11.6 Å². The van der Waals surface area contributed by atoms with Crippen molar-refractivity contribution in [3.05, 3.63) is 10.8 Å². The van der Waals surface area contributed by atoms with E-state index in [-0.39, 0.29) is 11.1 Å². The maximum Gasteiger partial charge on any atom is 0.255 e. The van der Waals surface area contributed by atoms with Gasteiger partial charge in [0.1, 0.15) is 0 Å². The smallest absolute Gasteiger partial charge is 0.255 e. The summed E-state index contributed by atoms with van der Waals surface area (Å²) in [6, 6.07) is 0. The number of hydrogen-bond acceptors (Lipinski definition) is 4. The van der Waals surface area contributed by atoms with Crippen LogP contribution in [0.5, 0.6) is 0 Å². The topological polar surface area (TPSA) is 50.7 Å². The van der Waals surface area contributed by atoms with Gasteiger partial charge in [0.2, 0.25) is 5.95 Å². The molecule has 0 aliphatic heterocycles. The number of halogens is 3. The van der Waals surface area contributed by atoms with Crippen molar-refractivity contribution in [2.75, 3.05) is 11.9 Å². The second kappa shape index (κ2) is 4.27. The molecule has 1 aromatic rings. The van der Waals surface area contributed by atoms with Gasteiger partial charge in [0.05, 0.1) is 12.2 Å². The molecule has 4 nitrogen and oxygen atoms in total. The average Bonchev–Trinajstić information content (AvgIpc) is 2.07. The quantitative estimate of drug-likeness (QED) is 0.818. The van der Waals surface area contributed by atoms with E-state index in [1.165, 1.54) is 0 Å².